The monoisotopic (exact) mass is 392 g/mol. The third-order valence-electron chi connectivity index (χ3n) is 4.78. The fourth-order valence-corrected chi connectivity index (χ4v) is 3.34. The summed E-state index contributed by atoms with van der Waals surface area (Å²) in [7, 11) is 0. The summed E-state index contributed by atoms with van der Waals surface area (Å²) in [6, 6.07) is 20.0. The molecular weight excluding hydrogens is 368 g/mol. The molecule has 0 spiro atoms. The maximum absolute atomic E-state index is 12.1. The number of nitrogens with one attached hydrogen (secondary N) is 1. The summed E-state index contributed by atoms with van der Waals surface area (Å²) in [6.45, 7) is 4.00. The van der Waals surface area contributed by atoms with Crippen LogP contribution in [0.1, 0.15) is 22.5 Å². The third kappa shape index (κ3) is 5.04. The van der Waals surface area contributed by atoms with Gasteiger partial charge in [-0.1, -0.05) is 48.5 Å². The first-order valence-corrected chi connectivity index (χ1v) is 9.39. The summed E-state index contributed by atoms with van der Waals surface area (Å²) >= 11 is 0. The van der Waals surface area contributed by atoms with Gasteiger partial charge in [0, 0.05) is 23.5 Å². The van der Waals surface area contributed by atoms with Gasteiger partial charge >= 0.3 is 12.1 Å². The van der Waals surface area contributed by atoms with Crippen molar-refractivity contribution in [3.8, 4) is 5.69 Å². The van der Waals surface area contributed by atoms with Gasteiger partial charge in [0.2, 0.25) is 0 Å². The van der Waals surface area contributed by atoms with Crippen LogP contribution in [0.5, 0.6) is 0 Å². The van der Waals surface area contributed by atoms with Crippen LogP contribution in [0.2, 0.25) is 0 Å². The van der Waals surface area contributed by atoms with E-state index in [0.717, 1.165) is 28.2 Å². The van der Waals surface area contributed by atoms with E-state index in [4.69, 9.17) is 4.74 Å². The molecule has 29 heavy (non-hydrogen) atoms. The number of carbonyl (C=O) groups is 2. The number of aryl methyl sites for hydroxylation is 1. The Bertz CT molecular complexity index is 981. The molecule has 3 rings (SSSR count). The number of alkyl carbamates (subject to hydrolysis) is 1. The van der Waals surface area contributed by atoms with E-state index in [1.807, 2.05) is 80.6 Å². The molecular formula is C23H24N2O4. The quantitative estimate of drug-likeness (QED) is 0.636. The number of amides is 1. The Morgan fingerprint density at radius 2 is 1.66 bits per heavy atom. The number of hydrogen-bond donors (Lipinski definition) is 2. The topological polar surface area (TPSA) is 80.6 Å². The minimum atomic E-state index is -1.11. The van der Waals surface area contributed by atoms with Crippen LogP contribution < -0.4 is 5.32 Å². The fourth-order valence-electron chi connectivity index (χ4n) is 3.34. The SMILES string of the molecule is Cc1cc(CC(NC(=O)OCc2ccccc2)C(=O)O)c(C)n1-c1ccccc1. The molecule has 2 aromatic carbocycles. The highest BCUT2D eigenvalue weighted by molar-refractivity contribution is 5.80. The van der Waals surface area contributed by atoms with Crippen LogP contribution in [0.15, 0.2) is 66.7 Å². The molecule has 0 aliphatic carbocycles. The minimum absolute atomic E-state index is 0.0849. The molecule has 0 bridgehead atoms. The number of benzene rings is 2. The van der Waals surface area contributed by atoms with Crippen LogP contribution in [-0.4, -0.2) is 27.8 Å². The Hall–Kier alpha value is -3.54. The molecule has 1 aromatic heterocycles. The van der Waals surface area contributed by atoms with E-state index in [-0.39, 0.29) is 13.0 Å². The Kier molecular flexibility index (Phi) is 6.34. The average molecular weight is 392 g/mol. The number of aromatic nitrogens is 1. The van der Waals surface area contributed by atoms with Crippen molar-refractivity contribution in [2.75, 3.05) is 0 Å². The minimum Gasteiger partial charge on any atom is -0.480 e. The zero-order valence-electron chi connectivity index (χ0n) is 16.5. The van der Waals surface area contributed by atoms with Gasteiger partial charge in [0.1, 0.15) is 12.6 Å². The van der Waals surface area contributed by atoms with Gasteiger partial charge in [-0.15, -0.1) is 0 Å². The Morgan fingerprint density at radius 3 is 2.28 bits per heavy atom. The van der Waals surface area contributed by atoms with Crippen LogP contribution in [0.25, 0.3) is 5.69 Å². The third-order valence-corrected chi connectivity index (χ3v) is 4.78. The summed E-state index contributed by atoms with van der Waals surface area (Å²) < 4.78 is 7.23. The highest BCUT2D eigenvalue weighted by Gasteiger charge is 2.23. The summed E-state index contributed by atoms with van der Waals surface area (Å²) in [5.41, 5.74) is 4.65. The summed E-state index contributed by atoms with van der Waals surface area (Å²) in [4.78, 5) is 23.8. The number of carboxylic acids is 1. The van der Waals surface area contributed by atoms with Crippen molar-refractivity contribution < 1.29 is 19.4 Å². The van der Waals surface area contributed by atoms with Crippen molar-refractivity contribution in [1.29, 1.82) is 0 Å². The van der Waals surface area contributed by atoms with Gasteiger partial charge in [0.15, 0.2) is 0 Å². The lowest BCUT2D eigenvalue weighted by molar-refractivity contribution is -0.139. The zero-order chi connectivity index (χ0) is 20.8. The van der Waals surface area contributed by atoms with Gasteiger partial charge in [-0.2, -0.15) is 0 Å². The standard InChI is InChI=1S/C23H24N2O4/c1-16-13-19(17(2)25(16)20-11-7-4-8-12-20)14-21(22(26)27)24-23(28)29-15-18-9-5-3-6-10-18/h3-13,21H,14-15H2,1-2H3,(H,24,28)(H,26,27). The van der Waals surface area contributed by atoms with Crippen molar-refractivity contribution in [3.05, 3.63) is 89.2 Å². The smallest absolute Gasteiger partial charge is 0.408 e. The van der Waals surface area contributed by atoms with Gasteiger partial charge in [-0.25, -0.2) is 9.59 Å². The maximum Gasteiger partial charge on any atom is 0.408 e. The Balaban J connectivity index is 1.69. The van der Waals surface area contributed by atoms with Crippen LogP contribution in [0.4, 0.5) is 4.79 Å². The molecule has 1 heterocycles. The van der Waals surface area contributed by atoms with Crippen molar-refractivity contribution in [2.24, 2.45) is 0 Å². The van der Waals surface area contributed by atoms with Crippen molar-refractivity contribution in [2.45, 2.75) is 32.9 Å². The molecule has 1 amide bonds. The normalized spacial score (nSPS) is 11.7. The van der Waals surface area contributed by atoms with E-state index in [9.17, 15) is 14.7 Å². The van der Waals surface area contributed by atoms with Crippen LogP contribution >= 0.6 is 0 Å². The highest BCUT2D eigenvalue weighted by atomic mass is 16.5. The fraction of sp³-hybridized carbons (Fsp3) is 0.217. The highest BCUT2D eigenvalue weighted by Crippen LogP contribution is 2.22. The zero-order valence-corrected chi connectivity index (χ0v) is 16.5. The van der Waals surface area contributed by atoms with E-state index in [2.05, 4.69) is 9.88 Å². The molecule has 0 aliphatic heterocycles. The molecule has 0 fully saturated rings. The second-order valence-corrected chi connectivity index (χ2v) is 6.87. The number of rotatable bonds is 7. The number of ether oxygens (including phenoxy) is 1. The van der Waals surface area contributed by atoms with Gasteiger partial charge < -0.3 is 19.7 Å². The van der Waals surface area contributed by atoms with E-state index in [1.165, 1.54) is 0 Å². The number of para-hydroxylation sites is 1. The lowest BCUT2D eigenvalue weighted by Gasteiger charge is -2.15. The van der Waals surface area contributed by atoms with E-state index >= 15 is 0 Å². The van der Waals surface area contributed by atoms with Crippen LogP contribution in [-0.2, 0) is 22.6 Å². The summed E-state index contributed by atoms with van der Waals surface area (Å²) in [5, 5.41) is 12.0. The maximum atomic E-state index is 12.1. The molecule has 2 N–H and O–H groups in total. The molecule has 0 saturated carbocycles. The summed E-state index contributed by atoms with van der Waals surface area (Å²) in [5.74, 6) is -1.11. The molecule has 6 heteroatoms. The first-order chi connectivity index (χ1) is 14.0. The number of carboxylic acid groups (broad SMARTS) is 1. The molecule has 150 valence electrons. The molecule has 1 atom stereocenters. The number of hydrogen-bond acceptors (Lipinski definition) is 3. The second-order valence-electron chi connectivity index (χ2n) is 6.87. The molecule has 3 aromatic rings. The van der Waals surface area contributed by atoms with Crippen molar-refractivity contribution >= 4 is 12.1 Å². The lowest BCUT2D eigenvalue weighted by Crippen LogP contribution is -2.42. The van der Waals surface area contributed by atoms with E-state index in [0.29, 0.717) is 0 Å². The first-order valence-electron chi connectivity index (χ1n) is 9.39. The predicted molar refractivity (Wildman–Crippen MR) is 110 cm³/mol. The molecule has 0 aliphatic rings. The van der Waals surface area contributed by atoms with Crippen LogP contribution in [0, 0.1) is 13.8 Å². The van der Waals surface area contributed by atoms with Gasteiger partial charge in [-0.3, -0.25) is 0 Å². The van der Waals surface area contributed by atoms with Gasteiger partial charge in [0.05, 0.1) is 0 Å². The predicted octanol–water partition coefficient (Wildman–Crippen LogP) is 4.02. The lowest BCUT2D eigenvalue weighted by atomic mass is 10.1. The molecule has 1 unspecified atom stereocenters. The van der Waals surface area contributed by atoms with E-state index in [1.54, 1.807) is 0 Å². The number of aliphatic carboxylic acids is 1. The number of nitrogens with zero attached hydrogens (tertiary/aromatic N) is 1. The Labute approximate surface area is 169 Å². The number of carbonyl (C=O) groups excluding carboxylic acids is 1. The molecule has 0 saturated heterocycles. The van der Waals surface area contributed by atoms with Crippen molar-refractivity contribution in [3.63, 3.8) is 0 Å². The molecule has 6 nitrogen and oxygen atoms in total. The van der Waals surface area contributed by atoms with Crippen LogP contribution in [0.3, 0.4) is 0 Å². The first kappa shape index (κ1) is 20.2. The van der Waals surface area contributed by atoms with E-state index < -0.39 is 18.1 Å². The molecule has 0 radical (unpaired) electrons. The van der Waals surface area contributed by atoms with Gasteiger partial charge in [0.25, 0.3) is 0 Å². The van der Waals surface area contributed by atoms with Crippen molar-refractivity contribution in [1.82, 2.24) is 9.88 Å². The largest absolute Gasteiger partial charge is 0.480 e. The Morgan fingerprint density at radius 1 is 1.03 bits per heavy atom. The summed E-state index contributed by atoms with van der Waals surface area (Å²) in [6.07, 6.45) is -0.583. The average Bonchev–Trinajstić information content (AvgIpc) is 3.00. The second kappa shape index (κ2) is 9.10. The van der Waals surface area contributed by atoms with Gasteiger partial charge in [-0.05, 0) is 43.2 Å².